The highest BCUT2D eigenvalue weighted by molar-refractivity contribution is 7.92. The van der Waals surface area contributed by atoms with Crippen LogP contribution in [0.2, 0.25) is 0 Å². The van der Waals surface area contributed by atoms with E-state index < -0.39 is 10.0 Å². The maximum Gasteiger partial charge on any atom is 0.293 e. The summed E-state index contributed by atoms with van der Waals surface area (Å²) in [4.78, 5) is 1.86. The third kappa shape index (κ3) is 4.35. The fourth-order valence-corrected chi connectivity index (χ4v) is 4.46. The molecule has 3 aromatic rings. The van der Waals surface area contributed by atoms with Crippen molar-refractivity contribution in [3.05, 3.63) is 89.3 Å². The molecule has 4 nitrogen and oxygen atoms in total. The van der Waals surface area contributed by atoms with E-state index in [2.05, 4.69) is 4.40 Å². The molecule has 0 aliphatic rings. The summed E-state index contributed by atoms with van der Waals surface area (Å²) < 4.78 is 29.6. The molecule has 0 bridgehead atoms. The van der Waals surface area contributed by atoms with Gasteiger partial charge in [0.2, 0.25) is 0 Å². The number of hydrogen-bond donors (Lipinski definition) is 0. The van der Waals surface area contributed by atoms with E-state index in [4.69, 9.17) is 0 Å². The number of sulfonamides is 1. The molecule has 0 aliphatic carbocycles. The van der Waals surface area contributed by atoms with Gasteiger partial charge in [0.1, 0.15) is 10.0 Å². The monoisotopic (exact) mass is 370 g/mol. The highest BCUT2D eigenvalue weighted by Crippen LogP contribution is 2.20. The van der Waals surface area contributed by atoms with E-state index in [1.807, 2.05) is 72.6 Å². The Balaban J connectivity index is 2.00. The van der Waals surface area contributed by atoms with Crippen molar-refractivity contribution in [1.82, 2.24) is 4.90 Å². The van der Waals surface area contributed by atoms with Gasteiger partial charge in [-0.25, -0.2) is 0 Å². The first-order chi connectivity index (χ1) is 12.1. The zero-order valence-electron chi connectivity index (χ0n) is 13.7. The van der Waals surface area contributed by atoms with Crippen LogP contribution in [-0.2, 0) is 16.6 Å². The molecule has 0 atom stereocenters. The van der Waals surface area contributed by atoms with Crippen LogP contribution in [0, 0.1) is 0 Å². The van der Waals surface area contributed by atoms with Gasteiger partial charge in [0.05, 0.1) is 0 Å². The van der Waals surface area contributed by atoms with Crippen molar-refractivity contribution >= 4 is 27.2 Å². The largest absolute Gasteiger partial charge is 0.354 e. The highest BCUT2D eigenvalue weighted by Gasteiger charge is 2.19. The number of nitrogens with zero attached hydrogens (tertiary/aromatic N) is 2. The van der Waals surface area contributed by atoms with Crippen LogP contribution in [0.4, 0.5) is 0 Å². The van der Waals surface area contributed by atoms with Crippen molar-refractivity contribution in [2.24, 2.45) is 4.40 Å². The van der Waals surface area contributed by atoms with Gasteiger partial charge in [0.25, 0.3) is 10.0 Å². The lowest BCUT2D eigenvalue weighted by Gasteiger charge is -2.21. The SMILES string of the molecule is CN(Cc1ccccc1)C(=NS(=O)(=O)c1cccs1)c1ccccc1. The lowest BCUT2D eigenvalue weighted by Crippen LogP contribution is -2.28. The third-order valence-electron chi connectivity index (χ3n) is 3.61. The molecule has 1 heterocycles. The van der Waals surface area contributed by atoms with Crippen LogP contribution in [0.15, 0.2) is 86.8 Å². The van der Waals surface area contributed by atoms with Crippen molar-refractivity contribution in [2.45, 2.75) is 10.8 Å². The molecule has 0 amide bonds. The van der Waals surface area contributed by atoms with Crippen LogP contribution >= 0.6 is 11.3 Å². The second-order valence-electron chi connectivity index (χ2n) is 5.53. The molecule has 6 heteroatoms. The molecule has 3 rings (SSSR count). The molecule has 0 radical (unpaired) electrons. The van der Waals surface area contributed by atoms with Crippen LogP contribution in [0.25, 0.3) is 0 Å². The summed E-state index contributed by atoms with van der Waals surface area (Å²) in [6.45, 7) is 0.564. The van der Waals surface area contributed by atoms with E-state index in [1.54, 1.807) is 17.5 Å². The number of thiophene rings is 1. The van der Waals surface area contributed by atoms with E-state index in [0.29, 0.717) is 12.4 Å². The number of rotatable bonds is 5. The van der Waals surface area contributed by atoms with E-state index in [1.165, 1.54) is 11.3 Å². The van der Waals surface area contributed by atoms with Crippen molar-refractivity contribution in [3.8, 4) is 0 Å². The number of hydrogen-bond acceptors (Lipinski definition) is 3. The molecule has 1 aromatic heterocycles. The quantitative estimate of drug-likeness (QED) is 0.503. The van der Waals surface area contributed by atoms with Gasteiger partial charge < -0.3 is 4.90 Å². The Kier molecular flexibility index (Phi) is 5.31. The first kappa shape index (κ1) is 17.4. The van der Waals surface area contributed by atoms with Crippen LogP contribution in [0.3, 0.4) is 0 Å². The number of benzene rings is 2. The van der Waals surface area contributed by atoms with Gasteiger partial charge in [-0.3, -0.25) is 0 Å². The second-order valence-corrected chi connectivity index (χ2v) is 8.31. The van der Waals surface area contributed by atoms with Gasteiger partial charge in [-0.05, 0) is 17.0 Å². The van der Waals surface area contributed by atoms with Crippen molar-refractivity contribution < 1.29 is 8.42 Å². The molecule has 0 spiro atoms. The van der Waals surface area contributed by atoms with Crippen LogP contribution in [0.5, 0.6) is 0 Å². The van der Waals surface area contributed by atoms with Crippen LogP contribution in [0.1, 0.15) is 11.1 Å². The molecule has 0 saturated heterocycles. The average molecular weight is 370 g/mol. The summed E-state index contributed by atoms with van der Waals surface area (Å²) in [5.41, 5.74) is 1.85. The minimum atomic E-state index is -3.74. The zero-order valence-corrected chi connectivity index (χ0v) is 15.4. The topological polar surface area (TPSA) is 49.7 Å². The Hall–Kier alpha value is -2.44. The van der Waals surface area contributed by atoms with Gasteiger partial charge in [0.15, 0.2) is 0 Å². The minimum Gasteiger partial charge on any atom is -0.354 e. The summed E-state index contributed by atoms with van der Waals surface area (Å²) in [7, 11) is -1.89. The zero-order chi connectivity index (χ0) is 17.7. The van der Waals surface area contributed by atoms with Crippen molar-refractivity contribution in [2.75, 3.05) is 7.05 Å². The Morgan fingerprint density at radius 3 is 2.20 bits per heavy atom. The Labute approximate surface area is 152 Å². The molecule has 0 unspecified atom stereocenters. The van der Waals surface area contributed by atoms with Gasteiger partial charge in [-0.15, -0.1) is 15.7 Å². The van der Waals surface area contributed by atoms with E-state index in [-0.39, 0.29) is 4.21 Å². The second kappa shape index (κ2) is 7.63. The normalized spacial score (nSPS) is 12.1. The fourth-order valence-electron chi connectivity index (χ4n) is 2.43. The maximum absolute atomic E-state index is 12.6. The summed E-state index contributed by atoms with van der Waals surface area (Å²) in [6.07, 6.45) is 0. The smallest absolute Gasteiger partial charge is 0.293 e. The molecular formula is C19H18N2O2S2. The summed E-state index contributed by atoms with van der Waals surface area (Å²) in [5, 5.41) is 1.73. The lowest BCUT2D eigenvalue weighted by molar-refractivity contribution is 0.501. The molecule has 0 fully saturated rings. The highest BCUT2D eigenvalue weighted by atomic mass is 32.2. The first-order valence-electron chi connectivity index (χ1n) is 7.75. The van der Waals surface area contributed by atoms with Gasteiger partial charge in [-0.1, -0.05) is 66.7 Å². The Morgan fingerprint density at radius 2 is 1.60 bits per heavy atom. The Morgan fingerprint density at radius 1 is 0.960 bits per heavy atom. The average Bonchev–Trinajstić information content (AvgIpc) is 3.17. The molecule has 25 heavy (non-hydrogen) atoms. The van der Waals surface area contributed by atoms with E-state index in [9.17, 15) is 8.42 Å². The minimum absolute atomic E-state index is 0.244. The van der Waals surface area contributed by atoms with E-state index in [0.717, 1.165) is 11.1 Å². The maximum atomic E-state index is 12.6. The predicted molar refractivity (Wildman–Crippen MR) is 102 cm³/mol. The van der Waals surface area contributed by atoms with Crippen molar-refractivity contribution in [1.29, 1.82) is 0 Å². The first-order valence-corrected chi connectivity index (χ1v) is 10.1. The summed E-state index contributed by atoms with van der Waals surface area (Å²) >= 11 is 1.17. The molecule has 0 saturated carbocycles. The molecular weight excluding hydrogens is 352 g/mol. The fraction of sp³-hybridized carbons (Fsp3) is 0.105. The van der Waals surface area contributed by atoms with Crippen LogP contribution < -0.4 is 0 Å². The lowest BCUT2D eigenvalue weighted by atomic mass is 10.1. The van der Waals surface area contributed by atoms with E-state index >= 15 is 0 Å². The number of amidine groups is 1. The summed E-state index contributed by atoms with van der Waals surface area (Å²) in [5.74, 6) is 0.429. The standard InChI is InChI=1S/C19H18N2O2S2/c1-21(15-16-9-4-2-5-10-16)19(17-11-6-3-7-12-17)20-25(22,23)18-13-8-14-24-18/h2-14H,15H2,1H3. The van der Waals surface area contributed by atoms with Crippen molar-refractivity contribution in [3.63, 3.8) is 0 Å². The molecule has 0 aliphatic heterocycles. The van der Waals surface area contributed by atoms with Gasteiger partial charge in [-0.2, -0.15) is 8.42 Å². The Bertz CT molecular complexity index is 936. The van der Waals surface area contributed by atoms with Gasteiger partial charge in [0, 0.05) is 19.2 Å². The predicted octanol–water partition coefficient (Wildman–Crippen LogP) is 4.02. The molecule has 128 valence electrons. The molecule has 0 N–H and O–H groups in total. The third-order valence-corrected chi connectivity index (χ3v) is 6.25. The molecule has 2 aromatic carbocycles. The summed E-state index contributed by atoms with van der Waals surface area (Å²) in [6, 6.07) is 22.6. The van der Waals surface area contributed by atoms with Gasteiger partial charge >= 0.3 is 0 Å². The van der Waals surface area contributed by atoms with Crippen LogP contribution in [-0.4, -0.2) is 26.2 Å².